The maximum Gasteiger partial charge on any atom is 0.192 e. The van der Waals surface area contributed by atoms with Gasteiger partial charge in [0.05, 0.1) is 29.5 Å². The molecular formula is C61H124O5Si5. The number of hydrogen-bond donors (Lipinski definition) is 0. The summed E-state index contributed by atoms with van der Waals surface area (Å²) in [7, 11) is -9.41. The van der Waals surface area contributed by atoms with Gasteiger partial charge in [-0.05, 0) is 212 Å². The number of rotatable bonds is 29. The summed E-state index contributed by atoms with van der Waals surface area (Å²) in [6.07, 6.45) is 21.5. The Morgan fingerprint density at radius 1 is 0.592 bits per heavy atom. The van der Waals surface area contributed by atoms with Crippen LogP contribution in [0.2, 0.25) is 90.7 Å². The Morgan fingerprint density at radius 2 is 1.06 bits per heavy atom. The molecule has 3 saturated carbocycles. The third kappa shape index (κ3) is 16.9. The molecule has 0 N–H and O–H groups in total. The van der Waals surface area contributed by atoms with Gasteiger partial charge in [0.2, 0.25) is 0 Å². The number of allylic oxidation sites excluding steroid dienone is 3. The van der Waals surface area contributed by atoms with E-state index < -0.39 is 41.6 Å². The molecule has 0 amide bonds. The molecule has 5 nitrogen and oxygen atoms in total. The Labute approximate surface area is 449 Å². The Hall–Kier alpha value is 0.364. The van der Waals surface area contributed by atoms with Crippen molar-refractivity contribution in [1.29, 1.82) is 0 Å². The van der Waals surface area contributed by atoms with Crippen LogP contribution in [-0.2, 0) is 22.1 Å². The van der Waals surface area contributed by atoms with E-state index in [0.717, 1.165) is 32.1 Å². The van der Waals surface area contributed by atoms with Gasteiger partial charge < -0.3 is 22.1 Å². The summed E-state index contributed by atoms with van der Waals surface area (Å²) in [5.74, 6) is 2.04. The Balaban J connectivity index is 2.07. The lowest BCUT2D eigenvalue weighted by molar-refractivity contribution is -0.0376. The zero-order chi connectivity index (χ0) is 54.1. The molecule has 10 heteroatoms. The molecule has 3 aliphatic rings. The normalized spacial score (nSPS) is 25.8. The van der Waals surface area contributed by atoms with Crippen LogP contribution < -0.4 is 0 Å². The second kappa shape index (κ2) is 26.3. The van der Waals surface area contributed by atoms with Gasteiger partial charge in [-0.1, -0.05) is 147 Å². The molecule has 3 aliphatic carbocycles. The lowest BCUT2D eigenvalue weighted by atomic mass is 9.60. The van der Waals surface area contributed by atoms with Crippen molar-refractivity contribution in [3.05, 3.63) is 23.3 Å². The Kier molecular flexibility index (Phi) is 24.4. The highest BCUT2D eigenvalue weighted by Gasteiger charge is 2.53. The van der Waals surface area contributed by atoms with Gasteiger partial charge in [0.1, 0.15) is 0 Å². The molecule has 4 unspecified atom stereocenters. The van der Waals surface area contributed by atoms with E-state index in [0.29, 0.717) is 23.2 Å². The van der Waals surface area contributed by atoms with Crippen LogP contribution in [0.4, 0.5) is 0 Å². The first-order valence-electron chi connectivity index (χ1n) is 30.5. The fourth-order valence-electron chi connectivity index (χ4n) is 13.7. The highest BCUT2D eigenvalue weighted by atomic mass is 28.4. The van der Waals surface area contributed by atoms with Crippen molar-refractivity contribution < 1.29 is 22.1 Å². The van der Waals surface area contributed by atoms with E-state index in [9.17, 15) is 0 Å². The summed E-state index contributed by atoms with van der Waals surface area (Å²) in [6.45, 7) is 58.0. The molecule has 71 heavy (non-hydrogen) atoms. The van der Waals surface area contributed by atoms with E-state index >= 15 is 0 Å². The number of fused-ring (bicyclic) bond motifs is 1. The molecule has 0 aromatic heterocycles. The quantitative estimate of drug-likeness (QED) is 0.0699. The van der Waals surface area contributed by atoms with Gasteiger partial charge in [-0.25, -0.2) is 0 Å². The van der Waals surface area contributed by atoms with Crippen LogP contribution in [0.3, 0.4) is 0 Å². The van der Waals surface area contributed by atoms with Gasteiger partial charge in [-0.3, -0.25) is 0 Å². The van der Waals surface area contributed by atoms with Crippen LogP contribution in [0, 0.1) is 23.2 Å². The van der Waals surface area contributed by atoms with Crippen molar-refractivity contribution in [3.63, 3.8) is 0 Å². The molecule has 0 aliphatic heterocycles. The van der Waals surface area contributed by atoms with Gasteiger partial charge in [0, 0.05) is 0 Å². The van der Waals surface area contributed by atoms with Crippen LogP contribution >= 0.6 is 0 Å². The van der Waals surface area contributed by atoms with E-state index in [2.05, 4.69) is 177 Å². The average molecular weight is 1080 g/mol. The van der Waals surface area contributed by atoms with Gasteiger partial charge >= 0.3 is 0 Å². The summed E-state index contributed by atoms with van der Waals surface area (Å²) in [6, 6.07) is 10.7. The van der Waals surface area contributed by atoms with Crippen LogP contribution in [0.15, 0.2) is 23.3 Å². The largest absolute Gasteiger partial charge is 0.414 e. The van der Waals surface area contributed by atoms with Crippen molar-refractivity contribution >= 4 is 41.6 Å². The van der Waals surface area contributed by atoms with Gasteiger partial charge in [-0.2, -0.15) is 0 Å². The zero-order valence-corrected chi connectivity index (χ0v) is 57.2. The maximum absolute atomic E-state index is 7.72. The first-order valence-corrected chi connectivity index (χ1v) is 43.9. The summed E-state index contributed by atoms with van der Waals surface area (Å²) < 4.78 is 37.1. The minimum absolute atomic E-state index is 0.0811. The summed E-state index contributed by atoms with van der Waals surface area (Å²) in [5.41, 5.74) is 3.21. The highest BCUT2D eigenvalue weighted by molar-refractivity contribution is 6.75. The molecule has 3 fully saturated rings. The summed E-state index contributed by atoms with van der Waals surface area (Å²) >= 11 is 0. The highest BCUT2D eigenvalue weighted by Crippen LogP contribution is 2.61. The van der Waals surface area contributed by atoms with Crippen molar-refractivity contribution in [1.82, 2.24) is 0 Å². The minimum atomic E-state index is -1.95. The van der Waals surface area contributed by atoms with E-state index in [1.165, 1.54) is 106 Å². The minimum Gasteiger partial charge on any atom is -0.414 e. The lowest BCUT2D eigenvalue weighted by Crippen LogP contribution is -2.54. The van der Waals surface area contributed by atoms with Crippen LogP contribution in [0.1, 0.15) is 222 Å². The second-order valence-corrected chi connectivity index (χ2v) is 52.1. The second-order valence-electron chi connectivity index (χ2n) is 28.4. The van der Waals surface area contributed by atoms with Gasteiger partial charge in [0.15, 0.2) is 41.6 Å². The van der Waals surface area contributed by atoms with E-state index in [-0.39, 0.29) is 39.6 Å². The van der Waals surface area contributed by atoms with Crippen LogP contribution in [0.5, 0.6) is 0 Å². The molecule has 0 bridgehead atoms. The van der Waals surface area contributed by atoms with Crippen LogP contribution in [-0.4, -0.2) is 71.1 Å². The molecule has 0 saturated heterocycles. The maximum atomic E-state index is 7.72. The smallest absolute Gasteiger partial charge is 0.192 e. The van der Waals surface area contributed by atoms with E-state index in [1.807, 2.05) is 0 Å². The molecule has 0 heterocycles. The number of hydrogen-bond acceptors (Lipinski definition) is 5. The zero-order valence-electron chi connectivity index (χ0n) is 52.2. The van der Waals surface area contributed by atoms with Crippen molar-refractivity contribution in [2.24, 2.45) is 23.2 Å². The van der Waals surface area contributed by atoms with Crippen molar-refractivity contribution in [2.75, 3.05) is 0 Å². The Morgan fingerprint density at radius 3 is 1.51 bits per heavy atom. The molecule has 0 aromatic rings. The summed E-state index contributed by atoms with van der Waals surface area (Å²) in [5, 5.41) is 0.368. The fraction of sp³-hybridized carbons (Fsp3) is 0.934. The predicted molar refractivity (Wildman–Crippen MR) is 326 cm³/mol. The molecule has 0 spiro atoms. The molecule has 3 rings (SSSR count). The fourth-order valence-corrected chi connectivity index (χ4v) is 25.8. The molecule has 0 aromatic carbocycles. The first-order chi connectivity index (χ1) is 32.7. The van der Waals surface area contributed by atoms with E-state index in [4.69, 9.17) is 22.1 Å². The SMILES string of the molecule is CC[Si](CC)(CC)OC(CC[C@H](CCCC(C)(C)O[Si](CC)(CC)CC)C1CCC2/C(=C/C=C3CC(O[Si](C)(C)C(C)(C)C)C[C@H](O[Si](C)(C)C(C)(C)C)C3)CCC[C@@]21C)C(C)(C)O[Si](CC)(CC)CC. The van der Waals surface area contributed by atoms with Crippen molar-refractivity contribution in [2.45, 2.75) is 342 Å². The molecule has 7 atom stereocenters. The molecular weight excluding hydrogens is 953 g/mol. The average Bonchev–Trinajstić information content (AvgIpc) is 3.65. The van der Waals surface area contributed by atoms with Crippen molar-refractivity contribution in [3.8, 4) is 0 Å². The van der Waals surface area contributed by atoms with Gasteiger partial charge in [-0.15, -0.1) is 0 Å². The Bertz CT molecular complexity index is 1600. The third-order valence-electron chi connectivity index (χ3n) is 21.3. The monoisotopic (exact) mass is 1080 g/mol. The molecule has 418 valence electrons. The summed E-state index contributed by atoms with van der Waals surface area (Å²) in [4.78, 5) is 0. The van der Waals surface area contributed by atoms with E-state index in [1.54, 1.807) is 11.1 Å². The third-order valence-corrected chi connectivity index (χ3v) is 44.7. The van der Waals surface area contributed by atoms with Gasteiger partial charge in [0.25, 0.3) is 0 Å². The topological polar surface area (TPSA) is 46.2 Å². The first kappa shape index (κ1) is 65.6. The standard InChI is InChI=1S/C61H124O5Si5/c1-25-69(26-2,27-3)64-56(60(18,19)66-71(31-7,32-8)33-9)43-40-51(36-34-44-59(16,17)65-70(28-4,29-5)30-6)55-42-41-54-50(37-35-45-61(54,55)20)39-38-49-46-52(62-67(21,22)57(10,11)12)48-53(47-49)63-68(23,24)58(13,14)15/h38-39,51-56H,25-37,40-48H2,1-24H3/b49-38?,50-39+/t51-,52+,53?,54?,55?,56?,61-/m0/s1. The lowest BCUT2D eigenvalue weighted by Gasteiger charge is -2.48. The molecule has 0 radical (unpaired) electrons. The van der Waals surface area contributed by atoms with Crippen LogP contribution in [0.25, 0.3) is 0 Å². The predicted octanol–water partition coefficient (Wildman–Crippen LogP) is 20.6.